The van der Waals surface area contributed by atoms with Crippen molar-refractivity contribution in [1.29, 1.82) is 0 Å². The van der Waals surface area contributed by atoms with Gasteiger partial charge in [0, 0.05) is 13.1 Å². The van der Waals surface area contributed by atoms with E-state index < -0.39 is 38.4 Å². The van der Waals surface area contributed by atoms with Gasteiger partial charge in [-0.25, -0.2) is 4.98 Å². The van der Waals surface area contributed by atoms with Crippen molar-refractivity contribution in [3.8, 4) is 11.5 Å². The lowest BCUT2D eigenvalue weighted by Crippen LogP contribution is -2.18. The summed E-state index contributed by atoms with van der Waals surface area (Å²) in [5.74, 6) is 0.388. The fourth-order valence-corrected chi connectivity index (χ4v) is 3.70. The van der Waals surface area contributed by atoms with E-state index in [2.05, 4.69) is 10.1 Å². The van der Waals surface area contributed by atoms with Crippen LogP contribution >= 0.6 is 0 Å². The van der Waals surface area contributed by atoms with Gasteiger partial charge in [0.1, 0.15) is 5.69 Å². The molecule has 0 bridgehead atoms. The maximum absolute atomic E-state index is 13.0. The summed E-state index contributed by atoms with van der Waals surface area (Å²) in [4.78, 5) is 2.77. The molecule has 0 aliphatic carbocycles. The SMILES string of the molecule is Cc1nc(C)c(-c2ccn(S(=O)(=O)c3cc(C(F)(F)F)cc(C(F)(F)F)c3)n2)o1. The predicted molar refractivity (Wildman–Crippen MR) is 86.2 cm³/mol. The molecule has 2 aromatic heterocycles. The summed E-state index contributed by atoms with van der Waals surface area (Å²) in [7, 11) is -4.85. The smallest absolute Gasteiger partial charge is 0.416 e. The first-order chi connectivity index (χ1) is 13.2. The Morgan fingerprint density at radius 1 is 0.966 bits per heavy atom. The van der Waals surface area contributed by atoms with Crippen molar-refractivity contribution in [1.82, 2.24) is 14.2 Å². The first-order valence-corrected chi connectivity index (χ1v) is 9.19. The fraction of sp³-hybridized carbons (Fsp3) is 0.250. The summed E-state index contributed by atoms with van der Waals surface area (Å²) < 4.78 is 109. The second-order valence-corrected chi connectivity index (χ2v) is 7.76. The van der Waals surface area contributed by atoms with Crippen LogP contribution in [-0.4, -0.2) is 22.6 Å². The Morgan fingerprint density at radius 3 is 1.97 bits per heavy atom. The van der Waals surface area contributed by atoms with Crippen LogP contribution in [0.2, 0.25) is 0 Å². The van der Waals surface area contributed by atoms with Gasteiger partial charge in [-0.3, -0.25) is 0 Å². The number of benzene rings is 1. The van der Waals surface area contributed by atoms with Crippen LogP contribution in [0.25, 0.3) is 11.5 Å². The van der Waals surface area contributed by atoms with Crippen molar-refractivity contribution in [3.63, 3.8) is 0 Å². The summed E-state index contributed by atoms with van der Waals surface area (Å²) in [5, 5.41) is 3.72. The van der Waals surface area contributed by atoms with Gasteiger partial charge in [-0.2, -0.15) is 43.9 Å². The van der Waals surface area contributed by atoms with Crippen molar-refractivity contribution in [2.24, 2.45) is 0 Å². The van der Waals surface area contributed by atoms with Crippen LogP contribution in [0.15, 0.2) is 39.8 Å². The fourth-order valence-electron chi connectivity index (χ4n) is 2.51. The molecule has 0 amide bonds. The Labute approximate surface area is 159 Å². The average molecular weight is 439 g/mol. The molecule has 1 aromatic carbocycles. The van der Waals surface area contributed by atoms with E-state index in [0.717, 1.165) is 6.20 Å². The Kier molecular flexibility index (Phi) is 4.76. The molecule has 156 valence electrons. The largest absolute Gasteiger partial charge is 0.439 e. The van der Waals surface area contributed by atoms with Gasteiger partial charge >= 0.3 is 12.4 Å². The number of halogens is 6. The van der Waals surface area contributed by atoms with E-state index in [0.29, 0.717) is 5.69 Å². The minimum Gasteiger partial charge on any atom is -0.439 e. The summed E-state index contributed by atoms with van der Waals surface area (Å²) in [6, 6.07) is 1.27. The van der Waals surface area contributed by atoms with Crippen molar-refractivity contribution in [2.75, 3.05) is 0 Å². The molecule has 3 aromatic rings. The monoisotopic (exact) mass is 439 g/mol. The van der Waals surface area contributed by atoms with Gasteiger partial charge in [0.05, 0.1) is 21.7 Å². The zero-order valence-electron chi connectivity index (χ0n) is 14.6. The van der Waals surface area contributed by atoms with Crippen LogP contribution in [0.4, 0.5) is 26.3 Å². The molecule has 0 saturated heterocycles. The predicted octanol–water partition coefficient (Wildman–Crippen LogP) is 4.43. The lowest BCUT2D eigenvalue weighted by atomic mass is 10.1. The van der Waals surface area contributed by atoms with Gasteiger partial charge in [0.25, 0.3) is 10.0 Å². The summed E-state index contributed by atoms with van der Waals surface area (Å²) in [6.45, 7) is 3.09. The number of hydrogen-bond acceptors (Lipinski definition) is 5. The molecular weight excluding hydrogens is 428 g/mol. The van der Waals surface area contributed by atoms with Gasteiger partial charge in [-0.15, -0.1) is 0 Å². The van der Waals surface area contributed by atoms with E-state index >= 15 is 0 Å². The van der Waals surface area contributed by atoms with E-state index in [1.54, 1.807) is 6.92 Å². The molecule has 0 unspecified atom stereocenters. The first kappa shape index (κ1) is 20.9. The normalized spacial score (nSPS) is 13.1. The molecule has 2 heterocycles. The Morgan fingerprint density at radius 2 is 1.52 bits per heavy atom. The van der Waals surface area contributed by atoms with Gasteiger partial charge in [0.2, 0.25) is 0 Å². The molecule has 3 rings (SSSR count). The van der Waals surface area contributed by atoms with Crippen LogP contribution in [0, 0.1) is 13.8 Å². The number of alkyl halides is 6. The quantitative estimate of drug-likeness (QED) is 0.565. The molecule has 0 atom stereocenters. The highest BCUT2D eigenvalue weighted by molar-refractivity contribution is 7.89. The van der Waals surface area contributed by atoms with E-state index in [1.807, 2.05) is 0 Å². The van der Waals surface area contributed by atoms with Crippen LogP contribution in [0.5, 0.6) is 0 Å². The Hall–Kier alpha value is -2.83. The topological polar surface area (TPSA) is 78.0 Å². The molecule has 0 fully saturated rings. The van der Waals surface area contributed by atoms with Gasteiger partial charge in [-0.1, -0.05) is 0 Å². The molecule has 0 N–H and O–H groups in total. The third-order valence-corrected chi connectivity index (χ3v) is 5.34. The highest BCUT2D eigenvalue weighted by Gasteiger charge is 2.38. The highest BCUT2D eigenvalue weighted by atomic mass is 32.2. The van der Waals surface area contributed by atoms with E-state index in [-0.39, 0.29) is 39.6 Å². The van der Waals surface area contributed by atoms with E-state index in [1.165, 1.54) is 13.0 Å². The van der Waals surface area contributed by atoms with Crippen molar-refractivity contribution >= 4 is 10.0 Å². The zero-order chi connectivity index (χ0) is 21.8. The summed E-state index contributed by atoms with van der Waals surface area (Å²) in [5.41, 5.74) is -3.13. The van der Waals surface area contributed by atoms with Crippen molar-refractivity contribution in [3.05, 3.63) is 53.2 Å². The highest BCUT2D eigenvalue weighted by Crippen LogP contribution is 2.37. The zero-order valence-corrected chi connectivity index (χ0v) is 15.4. The number of hydrogen-bond donors (Lipinski definition) is 0. The first-order valence-electron chi connectivity index (χ1n) is 7.75. The third-order valence-electron chi connectivity index (χ3n) is 3.81. The maximum atomic E-state index is 13.0. The molecule has 0 aliphatic rings. The number of aryl methyl sites for hydroxylation is 2. The number of oxazole rings is 1. The average Bonchev–Trinajstić information content (AvgIpc) is 3.19. The molecule has 0 aliphatic heterocycles. The molecule has 0 radical (unpaired) electrons. The maximum Gasteiger partial charge on any atom is 0.416 e. The van der Waals surface area contributed by atoms with Gasteiger partial charge in [-0.05, 0) is 31.2 Å². The second-order valence-electron chi connectivity index (χ2n) is 5.97. The molecule has 0 saturated carbocycles. The second kappa shape index (κ2) is 6.61. The molecule has 29 heavy (non-hydrogen) atoms. The standard InChI is InChI=1S/C16H11F6N3O3S/c1-8-14(28-9(2)23-8)13-3-4-25(24-13)29(26,27)12-6-10(15(17,18)19)5-11(7-12)16(20,21)22/h3-7H,1-2H3. The van der Waals surface area contributed by atoms with Crippen molar-refractivity contribution in [2.45, 2.75) is 31.1 Å². The minimum absolute atomic E-state index is 0.00491. The summed E-state index contributed by atoms with van der Waals surface area (Å²) in [6.07, 6.45) is -9.49. The van der Waals surface area contributed by atoms with Crippen LogP contribution in [0.1, 0.15) is 22.7 Å². The number of rotatable bonds is 3. The summed E-state index contributed by atoms with van der Waals surface area (Å²) >= 11 is 0. The lowest BCUT2D eigenvalue weighted by Gasteiger charge is -2.14. The van der Waals surface area contributed by atoms with Crippen LogP contribution < -0.4 is 0 Å². The molecule has 6 nitrogen and oxygen atoms in total. The molecular formula is C16H11F6N3O3S. The van der Waals surface area contributed by atoms with E-state index in [9.17, 15) is 34.8 Å². The number of aromatic nitrogens is 3. The van der Waals surface area contributed by atoms with Crippen LogP contribution in [0.3, 0.4) is 0 Å². The molecule has 0 spiro atoms. The number of nitrogens with zero attached hydrogens (tertiary/aromatic N) is 3. The Bertz CT molecular complexity index is 1140. The van der Waals surface area contributed by atoms with Crippen molar-refractivity contribution < 1.29 is 39.2 Å². The van der Waals surface area contributed by atoms with Crippen LogP contribution in [-0.2, 0) is 22.4 Å². The van der Waals surface area contributed by atoms with E-state index in [4.69, 9.17) is 4.42 Å². The Balaban J connectivity index is 2.14. The third kappa shape index (κ3) is 3.99. The van der Waals surface area contributed by atoms with Gasteiger partial charge in [0.15, 0.2) is 11.7 Å². The lowest BCUT2D eigenvalue weighted by molar-refractivity contribution is -0.143. The molecule has 13 heteroatoms. The van der Waals surface area contributed by atoms with Gasteiger partial charge < -0.3 is 4.42 Å². The minimum atomic E-state index is -5.19.